The summed E-state index contributed by atoms with van der Waals surface area (Å²) in [5.41, 5.74) is 6.50. The van der Waals surface area contributed by atoms with Crippen LogP contribution in [-0.4, -0.2) is 16.1 Å². The first-order valence-corrected chi connectivity index (χ1v) is 12.6. The fourth-order valence-electron chi connectivity index (χ4n) is 4.14. The molecule has 0 spiro atoms. The van der Waals surface area contributed by atoms with Gasteiger partial charge in [-0.15, -0.1) is 0 Å². The second-order valence-corrected chi connectivity index (χ2v) is 8.88. The van der Waals surface area contributed by atoms with Gasteiger partial charge in [-0.3, -0.25) is 0 Å². The van der Waals surface area contributed by atoms with E-state index in [9.17, 15) is 4.79 Å². The Balaban J connectivity index is 1.42. The van der Waals surface area contributed by atoms with Crippen molar-refractivity contribution in [2.24, 2.45) is 0 Å². The highest BCUT2D eigenvalue weighted by molar-refractivity contribution is 5.67. The maximum absolute atomic E-state index is 12.7. The number of rotatable bonds is 10. The number of carbonyl (C=O) groups excluding carboxylic acids is 1. The lowest BCUT2D eigenvalue weighted by molar-refractivity contribution is 0.147. The van der Waals surface area contributed by atoms with Gasteiger partial charge in [-0.05, 0) is 47.2 Å². The van der Waals surface area contributed by atoms with Gasteiger partial charge < -0.3 is 9.47 Å². The predicted octanol–water partition coefficient (Wildman–Crippen LogP) is 7.14. The third-order valence-electron chi connectivity index (χ3n) is 5.97. The molecular weight excluding hydrogens is 448 g/mol. The number of pyridine rings is 2. The van der Waals surface area contributed by atoms with Crippen molar-refractivity contribution in [2.75, 3.05) is 0 Å². The van der Waals surface area contributed by atoms with Crippen molar-refractivity contribution in [1.82, 2.24) is 9.97 Å². The van der Waals surface area contributed by atoms with Crippen molar-refractivity contribution < 1.29 is 14.3 Å². The molecular formula is C31H32N2O3. The van der Waals surface area contributed by atoms with Crippen molar-refractivity contribution in [3.05, 3.63) is 119 Å². The number of ether oxygens (including phenoxy) is 2. The van der Waals surface area contributed by atoms with Crippen LogP contribution in [0.2, 0.25) is 0 Å². The molecule has 0 radical (unpaired) electrons. The van der Waals surface area contributed by atoms with Crippen LogP contribution >= 0.6 is 0 Å². The van der Waals surface area contributed by atoms with E-state index in [1.54, 1.807) is 12.4 Å². The van der Waals surface area contributed by atoms with Crippen molar-refractivity contribution >= 4 is 6.16 Å². The first-order chi connectivity index (χ1) is 17.6. The lowest BCUT2D eigenvalue weighted by Crippen LogP contribution is -2.17. The van der Waals surface area contributed by atoms with Crippen molar-refractivity contribution in [3.63, 3.8) is 0 Å². The van der Waals surface area contributed by atoms with Crippen LogP contribution in [0, 0.1) is 0 Å². The van der Waals surface area contributed by atoms with Gasteiger partial charge in [0.2, 0.25) is 11.8 Å². The zero-order valence-electron chi connectivity index (χ0n) is 20.9. The Kier molecular flexibility index (Phi) is 8.82. The molecule has 4 aromatic rings. The molecule has 0 saturated heterocycles. The van der Waals surface area contributed by atoms with E-state index >= 15 is 0 Å². The van der Waals surface area contributed by atoms with Crippen LogP contribution in [0.4, 0.5) is 4.79 Å². The Morgan fingerprint density at radius 2 is 1.00 bits per heavy atom. The number of hydrogen-bond acceptors (Lipinski definition) is 5. The van der Waals surface area contributed by atoms with Gasteiger partial charge in [0, 0.05) is 36.4 Å². The number of aryl methyl sites for hydroxylation is 2. The molecule has 5 nitrogen and oxygen atoms in total. The molecule has 36 heavy (non-hydrogen) atoms. The highest BCUT2D eigenvalue weighted by Gasteiger charge is 2.16. The van der Waals surface area contributed by atoms with Crippen LogP contribution in [0.1, 0.15) is 60.1 Å². The van der Waals surface area contributed by atoms with E-state index in [0.29, 0.717) is 12.8 Å². The van der Waals surface area contributed by atoms with Gasteiger partial charge in [-0.25, -0.2) is 14.8 Å². The quantitative estimate of drug-likeness (QED) is 0.226. The van der Waals surface area contributed by atoms with Crippen molar-refractivity contribution in [2.45, 2.75) is 52.4 Å². The Hall–Kier alpha value is -3.99. The van der Waals surface area contributed by atoms with Gasteiger partial charge in [0.15, 0.2) is 0 Å². The summed E-state index contributed by atoms with van der Waals surface area (Å²) in [4.78, 5) is 21.2. The number of aromatic nitrogens is 2. The lowest BCUT2D eigenvalue weighted by Gasteiger charge is -2.11. The molecule has 2 heterocycles. The fourth-order valence-corrected chi connectivity index (χ4v) is 4.14. The summed E-state index contributed by atoms with van der Waals surface area (Å²) in [6.07, 6.45) is 7.91. The smallest absolute Gasteiger partial charge is 0.375 e. The van der Waals surface area contributed by atoms with Crippen LogP contribution in [0.5, 0.6) is 11.8 Å². The second kappa shape index (κ2) is 12.6. The molecule has 0 saturated carbocycles. The fraction of sp³-hybridized carbons (Fsp3) is 0.258. The third-order valence-corrected chi connectivity index (χ3v) is 5.97. The van der Waals surface area contributed by atoms with Crippen molar-refractivity contribution in [3.8, 4) is 11.8 Å². The molecule has 2 aromatic heterocycles. The molecule has 4 rings (SSSR count). The lowest BCUT2D eigenvalue weighted by atomic mass is 10.0. The topological polar surface area (TPSA) is 61.3 Å². The SMILES string of the molecule is CCCc1ccc(Cc2cccnc2OC(=O)Oc2ncccc2Cc2ccc(CCC)cc2)cc1. The molecule has 2 aromatic carbocycles. The van der Waals surface area contributed by atoms with E-state index in [1.807, 2.05) is 24.3 Å². The Labute approximate surface area is 213 Å². The summed E-state index contributed by atoms with van der Waals surface area (Å²) in [5.74, 6) is 0.480. The summed E-state index contributed by atoms with van der Waals surface area (Å²) in [6, 6.07) is 24.5. The molecule has 0 unspecified atom stereocenters. The molecule has 0 atom stereocenters. The number of nitrogens with zero attached hydrogens (tertiary/aromatic N) is 2. The highest BCUT2D eigenvalue weighted by atomic mass is 16.7. The van der Waals surface area contributed by atoms with Crippen LogP contribution in [0.15, 0.2) is 85.2 Å². The molecule has 0 aliphatic heterocycles. The summed E-state index contributed by atoms with van der Waals surface area (Å²) in [7, 11) is 0. The van der Waals surface area contributed by atoms with Gasteiger partial charge >= 0.3 is 6.16 Å². The average molecular weight is 481 g/mol. The van der Waals surface area contributed by atoms with E-state index in [4.69, 9.17) is 9.47 Å². The van der Waals surface area contributed by atoms with E-state index in [1.165, 1.54) is 11.1 Å². The third kappa shape index (κ3) is 7.01. The highest BCUT2D eigenvalue weighted by Crippen LogP contribution is 2.23. The molecule has 0 bridgehead atoms. The Morgan fingerprint density at radius 1 is 0.611 bits per heavy atom. The van der Waals surface area contributed by atoms with Gasteiger partial charge in [0.05, 0.1) is 0 Å². The molecule has 0 aliphatic carbocycles. The van der Waals surface area contributed by atoms with E-state index < -0.39 is 6.16 Å². The standard InChI is InChI=1S/C31H32N2O3/c1-3-7-23-11-15-25(16-12-23)21-27-9-5-19-32-29(27)35-31(34)36-30-28(10-6-20-33-30)22-26-17-13-24(8-4-2)14-18-26/h5-6,9-20H,3-4,7-8,21-22H2,1-2H3. The summed E-state index contributed by atoms with van der Waals surface area (Å²) in [6.45, 7) is 4.34. The van der Waals surface area contributed by atoms with Gasteiger partial charge in [-0.1, -0.05) is 87.4 Å². The van der Waals surface area contributed by atoms with Crippen LogP contribution in [0.3, 0.4) is 0 Å². The second-order valence-electron chi connectivity index (χ2n) is 8.88. The predicted molar refractivity (Wildman–Crippen MR) is 142 cm³/mol. The maximum Gasteiger partial charge on any atom is 0.522 e. The molecule has 184 valence electrons. The summed E-state index contributed by atoms with van der Waals surface area (Å²) >= 11 is 0. The largest absolute Gasteiger partial charge is 0.522 e. The van der Waals surface area contributed by atoms with Gasteiger partial charge in [0.1, 0.15) is 0 Å². The first kappa shape index (κ1) is 25.1. The summed E-state index contributed by atoms with van der Waals surface area (Å²) in [5, 5.41) is 0. The minimum atomic E-state index is -0.855. The van der Waals surface area contributed by atoms with E-state index in [-0.39, 0.29) is 11.8 Å². The number of carbonyl (C=O) groups is 1. The molecule has 5 heteroatoms. The van der Waals surface area contributed by atoms with Crippen LogP contribution < -0.4 is 9.47 Å². The number of benzene rings is 2. The zero-order valence-corrected chi connectivity index (χ0v) is 20.9. The minimum Gasteiger partial charge on any atom is -0.375 e. The average Bonchev–Trinajstić information content (AvgIpc) is 2.89. The van der Waals surface area contributed by atoms with E-state index in [0.717, 1.165) is 47.9 Å². The minimum absolute atomic E-state index is 0.240. The molecule has 0 amide bonds. The monoisotopic (exact) mass is 480 g/mol. The maximum atomic E-state index is 12.7. The van der Waals surface area contributed by atoms with Crippen LogP contribution in [-0.2, 0) is 25.7 Å². The summed E-state index contributed by atoms with van der Waals surface area (Å²) < 4.78 is 11.0. The van der Waals surface area contributed by atoms with Gasteiger partial charge in [-0.2, -0.15) is 0 Å². The van der Waals surface area contributed by atoms with Crippen molar-refractivity contribution in [1.29, 1.82) is 0 Å². The van der Waals surface area contributed by atoms with Crippen LogP contribution in [0.25, 0.3) is 0 Å². The van der Waals surface area contributed by atoms with E-state index in [2.05, 4.69) is 72.3 Å². The molecule has 0 aliphatic rings. The Bertz CT molecular complexity index is 1170. The molecule has 0 N–H and O–H groups in total. The van der Waals surface area contributed by atoms with Gasteiger partial charge in [0.25, 0.3) is 0 Å². The Morgan fingerprint density at radius 3 is 1.39 bits per heavy atom. The number of hydrogen-bond donors (Lipinski definition) is 0. The molecule has 0 fully saturated rings. The normalized spacial score (nSPS) is 10.7. The zero-order chi connectivity index (χ0) is 25.2. The first-order valence-electron chi connectivity index (χ1n) is 12.6.